The Labute approximate surface area is 194 Å². The molecule has 0 radical (unpaired) electrons. The maximum atomic E-state index is 13.2. The summed E-state index contributed by atoms with van der Waals surface area (Å²) in [6.45, 7) is 3.76. The van der Waals surface area contributed by atoms with Gasteiger partial charge < -0.3 is 10.6 Å². The van der Waals surface area contributed by atoms with Gasteiger partial charge in [0.05, 0.1) is 29.8 Å². The van der Waals surface area contributed by atoms with E-state index >= 15 is 0 Å². The van der Waals surface area contributed by atoms with Crippen molar-refractivity contribution in [3.63, 3.8) is 0 Å². The molecule has 2 N–H and O–H groups in total. The maximum absolute atomic E-state index is 13.2. The molecule has 180 valence electrons. The van der Waals surface area contributed by atoms with Crippen LogP contribution in [0, 0.1) is 19.7 Å². The molecule has 2 amide bonds. The minimum atomic E-state index is -4.47. The quantitative estimate of drug-likeness (QED) is 0.385. The molecule has 10 heteroatoms. The monoisotopic (exact) mass is 476 g/mol. The molecule has 1 heterocycles. The highest BCUT2D eigenvalue weighted by Gasteiger charge is 2.30. The zero-order valence-electron chi connectivity index (χ0n) is 18.7. The van der Waals surface area contributed by atoms with Gasteiger partial charge >= 0.3 is 6.18 Å². The van der Waals surface area contributed by atoms with Crippen LogP contribution in [0.3, 0.4) is 0 Å². The van der Waals surface area contributed by atoms with Crippen LogP contribution in [-0.4, -0.2) is 34.7 Å². The molecule has 3 aromatic rings. The minimum Gasteiger partial charge on any atom is -0.354 e. The third-order valence-corrected chi connectivity index (χ3v) is 5.22. The van der Waals surface area contributed by atoms with Crippen LogP contribution in [0.2, 0.25) is 0 Å². The van der Waals surface area contributed by atoms with Gasteiger partial charge in [-0.25, -0.2) is 9.07 Å². The van der Waals surface area contributed by atoms with Gasteiger partial charge in [0.1, 0.15) is 5.82 Å². The molecule has 0 bridgehead atoms. The van der Waals surface area contributed by atoms with Crippen molar-refractivity contribution in [2.45, 2.75) is 32.9 Å². The number of aryl methyl sites for hydroxylation is 1. The third-order valence-electron chi connectivity index (χ3n) is 5.22. The fourth-order valence-corrected chi connectivity index (χ4v) is 3.52. The van der Waals surface area contributed by atoms with E-state index in [4.69, 9.17) is 0 Å². The SMILES string of the molecule is Cc1nn(-c2cccc(C(F)(F)F)c2)c(C)c1CC(=O)NCCNC(=O)Cc1cccc(F)c1. The Morgan fingerprint density at radius 2 is 1.59 bits per heavy atom. The van der Waals surface area contributed by atoms with Crippen LogP contribution in [0.4, 0.5) is 17.6 Å². The molecule has 0 saturated heterocycles. The zero-order chi connectivity index (χ0) is 24.9. The summed E-state index contributed by atoms with van der Waals surface area (Å²) < 4.78 is 53.7. The van der Waals surface area contributed by atoms with Crippen molar-refractivity contribution in [2.75, 3.05) is 13.1 Å². The van der Waals surface area contributed by atoms with Gasteiger partial charge in [0, 0.05) is 24.3 Å². The number of carbonyl (C=O) groups excluding carboxylic acids is 2. The van der Waals surface area contributed by atoms with Crippen molar-refractivity contribution in [1.82, 2.24) is 20.4 Å². The normalized spacial score (nSPS) is 11.4. The Balaban J connectivity index is 1.53. The second-order valence-electron chi connectivity index (χ2n) is 7.79. The highest BCUT2D eigenvalue weighted by atomic mass is 19.4. The van der Waals surface area contributed by atoms with Crippen LogP contribution in [0.1, 0.15) is 28.1 Å². The number of hydrogen-bond donors (Lipinski definition) is 2. The van der Waals surface area contributed by atoms with E-state index < -0.39 is 17.6 Å². The lowest BCUT2D eigenvalue weighted by molar-refractivity contribution is -0.137. The Hall–Kier alpha value is -3.69. The molecule has 34 heavy (non-hydrogen) atoms. The Bertz CT molecular complexity index is 1190. The molecule has 0 atom stereocenters. The highest BCUT2D eigenvalue weighted by Crippen LogP contribution is 2.30. The lowest BCUT2D eigenvalue weighted by atomic mass is 10.1. The van der Waals surface area contributed by atoms with Gasteiger partial charge in [-0.05, 0) is 49.7 Å². The largest absolute Gasteiger partial charge is 0.416 e. The van der Waals surface area contributed by atoms with Gasteiger partial charge in [0.25, 0.3) is 0 Å². The topological polar surface area (TPSA) is 76.0 Å². The summed E-state index contributed by atoms with van der Waals surface area (Å²) in [4.78, 5) is 24.3. The average molecular weight is 476 g/mol. The number of amides is 2. The van der Waals surface area contributed by atoms with E-state index in [9.17, 15) is 27.2 Å². The summed E-state index contributed by atoms with van der Waals surface area (Å²) in [5.74, 6) is -1.03. The average Bonchev–Trinajstić information content (AvgIpc) is 3.04. The van der Waals surface area contributed by atoms with Crippen LogP contribution in [-0.2, 0) is 28.6 Å². The summed E-state index contributed by atoms with van der Waals surface area (Å²) in [5, 5.41) is 9.65. The lowest BCUT2D eigenvalue weighted by Crippen LogP contribution is -2.36. The van der Waals surface area contributed by atoms with Gasteiger partial charge in [0.15, 0.2) is 0 Å². The molecular formula is C24H24F4N4O2. The van der Waals surface area contributed by atoms with Crippen LogP contribution in [0.25, 0.3) is 5.69 Å². The second kappa shape index (κ2) is 10.5. The predicted octanol–water partition coefficient (Wildman–Crippen LogP) is 3.66. The fourth-order valence-electron chi connectivity index (χ4n) is 3.52. The Kier molecular flexibility index (Phi) is 7.70. The predicted molar refractivity (Wildman–Crippen MR) is 118 cm³/mol. The number of hydrogen-bond acceptors (Lipinski definition) is 3. The molecule has 0 aliphatic carbocycles. The second-order valence-corrected chi connectivity index (χ2v) is 7.79. The third kappa shape index (κ3) is 6.43. The van der Waals surface area contributed by atoms with Crippen LogP contribution >= 0.6 is 0 Å². The van der Waals surface area contributed by atoms with Crippen molar-refractivity contribution < 1.29 is 27.2 Å². The molecule has 0 spiro atoms. The number of benzene rings is 2. The van der Waals surface area contributed by atoms with E-state index in [0.29, 0.717) is 22.5 Å². The van der Waals surface area contributed by atoms with E-state index in [1.54, 1.807) is 19.9 Å². The summed E-state index contributed by atoms with van der Waals surface area (Å²) in [6, 6.07) is 10.6. The molecular weight excluding hydrogens is 452 g/mol. The molecule has 0 fully saturated rings. The molecule has 0 aliphatic heterocycles. The van der Waals surface area contributed by atoms with Crippen LogP contribution < -0.4 is 10.6 Å². The first-order chi connectivity index (χ1) is 16.0. The Morgan fingerprint density at radius 1 is 0.941 bits per heavy atom. The number of nitrogens with zero attached hydrogens (tertiary/aromatic N) is 2. The lowest BCUT2D eigenvalue weighted by Gasteiger charge is -2.10. The van der Waals surface area contributed by atoms with Crippen LogP contribution in [0.5, 0.6) is 0 Å². The molecule has 0 unspecified atom stereocenters. The van der Waals surface area contributed by atoms with Crippen molar-refractivity contribution >= 4 is 11.8 Å². The van der Waals surface area contributed by atoms with Crippen molar-refractivity contribution in [2.24, 2.45) is 0 Å². The van der Waals surface area contributed by atoms with Crippen molar-refractivity contribution in [3.05, 3.63) is 82.4 Å². The molecule has 2 aromatic carbocycles. The molecule has 0 saturated carbocycles. The van der Waals surface area contributed by atoms with Crippen molar-refractivity contribution in [1.29, 1.82) is 0 Å². The van der Waals surface area contributed by atoms with E-state index in [1.807, 2.05) is 0 Å². The first kappa shape index (κ1) is 24.9. The fraction of sp³-hybridized carbons (Fsp3) is 0.292. The molecule has 3 rings (SSSR count). The summed E-state index contributed by atoms with van der Waals surface area (Å²) >= 11 is 0. The Morgan fingerprint density at radius 3 is 2.24 bits per heavy atom. The molecule has 1 aromatic heterocycles. The number of alkyl halides is 3. The first-order valence-corrected chi connectivity index (χ1v) is 10.5. The standard InChI is InChI=1S/C24H24F4N4O2/c1-15-21(16(2)32(31-15)20-8-4-6-18(13-20)24(26,27)28)14-23(34)30-10-9-29-22(33)12-17-5-3-7-19(25)11-17/h3-8,11,13H,9-10,12,14H2,1-2H3,(H,29,33)(H,30,34). The number of rotatable bonds is 8. The van der Waals surface area contributed by atoms with Gasteiger partial charge in [-0.15, -0.1) is 0 Å². The number of halogens is 4. The number of nitrogens with one attached hydrogen (secondary N) is 2. The zero-order valence-corrected chi connectivity index (χ0v) is 18.7. The van der Waals surface area contributed by atoms with Crippen molar-refractivity contribution in [3.8, 4) is 5.69 Å². The van der Waals surface area contributed by atoms with E-state index in [2.05, 4.69) is 15.7 Å². The maximum Gasteiger partial charge on any atom is 0.416 e. The van der Waals surface area contributed by atoms with E-state index in [0.717, 1.165) is 12.1 Å². The molecule has 0 aliphatic rings. The van der Waals surface area contributed by atoms with Gasteiger partial charge in [-0.2, -0.15) is 18.3 Å². The van der Waals surface area contributed by atoms with Gasteiger partial charge in [-0.3, -0.25) is 9.59 Å². The summed E-state index contributed by atoms with van der Waals surface area (Å²) in [5.41, 5.74) is 1.73. The summed E-state index contributed by atoms with van der Waals surface area (Å²) in [7, 11) is 0. The van der Waals surface area contributed by atoms with Gasteiger partial charge in [-0.1, -0.05) is 18.2 Å². The minimum absolute atomic E-state index is 0.00608. The first-order valence-electron chi connectivity index (χ1n) is 10.5. The highest BCUT2D eigenvalue weighted by molar-refractivity contribution is 5.80. The summed E-state index contributed by atoms with van der Waals surface area (Å²) in [6.07, 6.45) is -4.45. The van der Waals surface area contributed by atoms with Crippen LogP contribution in [0.15, 0.2) is 48.5 Å². The van der Waals surface area contributed by atoms with E-state index in [-0.39, 0.29) is 43.4 Å². The molecule has 6 nitrogen and oxygen atoms in total. The van der Waals surface area contributed by atoms with Gasteiger partial charge in [0.2, 0.25) is 11.8 Å². The smallest absolute Gasteiger partial charge is 0.354 e. The van der Waals surface area contributed by atoms with E-state index in [1.165, 1.54) is 35.0 Å². The number of carbonyl (C=O) groups is 2. The number of aromatic nitrogens is 2.